The van der Waals surface area contributed by atoms with Crippen molar-refractivity contribution in [2.75, 3.05) is 43.9 Å². The van der Waals surface area contributed by atoms with Crippen molar-refractivity contribution in [1.82, 2.24) is 20.3 Å². The van der Waals surface area contributed by atoms with Crippen LogP contribution in [-0.4, -0.2) is 54.2 Å². The number of hydrogen-bond acceptors (Lipinski definition) is 8. The molecule has 1 saturated heterocycles. The van der Waals surface area contributed by atoms with Gasteiger partial charge in [-0.05, 0) is 18.2 Å². The number of alkyl halides is 2. The van der Waals surface area contributed by atoms with Crippen molar-refractivity contribution < 1.29 is 22.3 Å². The molecule has 0 amide bonds. The average Bonchev–Trinajstić information content (AvgIpc) is 3.09. The number of nitrogen functional groups attached to an aromatic ring is 1. The summed E-state index contributed by atoms with van der Waals surface area (Å²) in [5.74, 6) is -4.36. The molecule has 5 rings (SSSR count). The molecule has 1 aliphatic heterocycles. The van der Waals surface area contributed by atoms with Crippen LogP contribution in [0.3, 0.4) is 0 Å². The monoisotopic (exact) mass is 512 g/mol. The van der Waals surface area contributed by atoms with Crippen LogP contribution >= 0.6 is 22.9 Å². The Balaban J connectivity index is 1.76. The molecule has 13 heteroatoms. The van der Waals surface area contributed by atoms with Gasteiger partial charge in [-0.1, -0.05) is 22.9 Å². The minimum atomic E-state index is -3.03. The highest BCUT2D eigenvalue weighted by Gasteiger charge is 2.35. The van der Waals surface area contributed by atoms with Crippen LogP contribution in [0, 0.1) is 11.6 Å². The maximum absolute atomic E-state index is 16.0. The van der Waals surface area contributed by atoms with Crippen LogP contribution in [0.2, 0.25) is 5.02 Å². The van der Waals surface area contributed by atoms with Gasteiger partial charge in [-0.15, -0.1) is 0 Å². The Labute approximate surface area is 199 Å². The summed E-state index contributed by atoms with van der Waals surface area (Å²) in [7, 11) is 1.29. The molecule has 0 bridgehead atoms. The standard InChI is InChI=1S/C21H17ClF4N6OS/c1-33-20-30-15-10(18(31-20)32-5-4-28-7-21(25,26)8-32)6-11(22)13(14(15)24)9-2-3-12(23)17-16(9)29-19(27)34-17/h2-3,6,28H,4-5,7-8H2,1H3,(H2,27,29). The van der Waals surface area contributed by atoms with Gasteiger partial charge in [0.1, 0.15) is 17.2 Å². The van der Waals surface area contributed by atoms with Gasteiger partial charge < -0.3 is 20.7 Å². The maximum Gasteiger partial charge on any atom is 0.318 e. The van der Waals surface area contributed by atoms with E-state index in [0.29, 0.717) is 0 Å². The summed E-state index contributed by atoms with van der Waals surface area (Å²) in [6.45, 7) is -0.647. The van der Waals surface area contributed by atoms with Crippen molar-refractivity contribution in [2.24, 2.45) is 0 Å². The first-order chi connectivity index (χ1) is 16.2. The molecule has 0 aliphatic carbocycles. The second-order valence-electron chi connectivity index (χ2n) is 7.76. The molecule has 178 valence electrons. The summed E-state index contributed by atoms with van der Waals surface area (Å²) in [6.07, 6.45) is 0. The number of aromatic nitrogens is 3. The van der Waals surface area contributed by atoms with E-state index < -0.39 is 30.6 Å². The fraction of sp³-hybridized carbons (Fsp3) is 0.286. The van der Waals surface area contributed by atoms with E-state index >= 15 is 4.39 Å². The van der Waals surface area contributed by atoms with Crippen molar-refractivity contribution in [2.45, 2.75) is 5.92 Å². The van der Waals surface area contributed by atoms with Gasteiger partial charge in [0, 0.05) is 29.6 Å². The number of benzene rings is 2. The van der Waals surface area contributed by atoms with Crippen LogP contribution in [-0.2, 0) is 0 Å². The summed E-state index contributed by atoms with van der Waals surface area (Å²) < 4.78 is 64.1. The highest BCUT2D eigenvalue weighted by Crippen LogP contribution is 2.42. The first-order valence-electron chi connectivity index (χ1n) is 10.1. The Morgan fingerprint density at radius 2 is 2.00 bits per heavy atom. The molecule has 7 nitrogen and oxygen atoms in total. The largest absolute Gasteiger partial charge is 0.467 e. The first kappa shape index (κ1) is 22.8. The Morgan fingerprint density at radius 1 is 1.21 bits per heavy atom. The SMILES string of the molecule is COc1nc(N2CCNCC(F)(F)C2)c2cc(Cl)c(-c3ccc(F)c4sc(N)nc34)c(F)c2n1. The number of nitrogens with one attached hydrogen (secondary N) is 1. The minimum Gasteiger partial charge on any atom is -0.467 e. The highest BCUT2D eigenvalue weighted by atomic mass is 35.5. The van der Waals surface area contributed by atoms with E-state index in [0.717, 1.165) is 11.3 Å². The van der Waals surface area contributed by atoms with Gasteiger partial charge in [-0.25, -0.2) is 22.5 Å². The van der Waals surface area contributed by atoms with Crippen molar-refractivity contribution in [3.05, 3.63) is 34.9 Å². The number of nitrogens with two attached hydrogens (primary N) is 1. The van der Waals surface area contributed by atoms with Crippen molar-refractivity contribution >= 4 is 55.0 Å². The predicted octanol–water partition coefficient (Wildman–Crippen LogP) is 4.47. The number of hydrogen-bond donors (Lipinski definition) is 2. The van der Waals surface area contributed by atoms with E-state index in [4.69, 9.17) is 22.1 Å². The molecule has 4 aromatic rings. The smallest absolute Gasteiger partial charge is 0.318 e. The van der Waals surface area contributed by atoms with Crippen molar-refractivity contribution in [1.29, 1.82) is 0 Å². The molecule has 0 unspecified atom stereocenters. The van der Waals surface area contributed by atoms with E-state index in [9.17, 15) is 13.2 Å². The topological polar surface area (TPSA) is 89.2 Å². The Bertz CT molecular complexity index is 1430. The summed E-state index contributed by atoms with van der Waals surface area (Å²) in [5, 5.41) is 2.89. The zero-order valence-corrected chi connectivity index (χ0v) is 19.2. The summed E-state index contributed by atoms with van der Waals surface area (Å²) in [4.78, 5) is 13.8. The Kier molecular flexibility index (Phi) is 5.61. The first-order valence-corrected chi connectivity index (χ1v) is 11.3. The number of rotatable bonds is 3. The van der Waals surface area contributed by atoms with Gasteiger partial charge in [-0.3, -0.25) is 0 Å². The van der Waals surface area contributed by atoms with Crippen molar-refractivity contribution in [3.8, 4) is 17.1 Å². The molecule has 3 heterocycles. The van der Waals surface area contributed by atoms with Gasteiger partial charge in [0.05, 0.1) is 35.4 Å². The molecule has 0 spiro atoms. The van der Waals surface area contributed by atoms with Gasteiger partial charge in [0.25, 0.3) is 5.92 Å². The van der Waals surface area contributed by atoms with Crippen LogP contribution in [0.4, 0.5) is 28.5 Å². The molecule has 0 atom stereocenters. The molecular weight excluding hydrogens is 496 g/mol. The average molecular weight is 513 g/mol. The molecular formula is C21H17ClF4N6OS. The summed E-state index contributed by atoms with van der Waals surface area (Å²) in [6, 6.07) is 3.74. The molecule has 0 radical (unpaired) electrons. The number of ether oxygens (including phenoxy) is 1. The van der Waals surface area contributed by atoms with Gasteiger partial charge in [0.2, 0.25) is 0 Å². The normalized spacial score (nSPS) is 16.2. The second-order valence-corrected chi connectivity index (χ2v) is 9.19. The van der Waals surface area contributed by atoms with E-state index in [1.807, 2.05) is 0 Å². The fourth-order valence-corrected chi connectivity index (χ4v) is 5.07. The van der Waals surface area contributed by atoms with E-state index in [-0.39, 0.29) is 67.3 Å². The second kappa shape index (κ2) is 8.36. The Morgan fingerprint density at radius 3 is 2.76 bits per heavy atom. The van der Waals surface area contributed by atoms with Crippen LogP contribution < -0.4 is 20.7 Å². The number of nitrogens with zero attached hydrogens (tertiary/aromatic N) is 4. The molecule has 34 heavy (non-hydrogen) atoms. The third kappa shape index (κ3) is 3.85. The molecule has 1 fully saturated rings. The van der Waals surface area contributed by atoms with Crippen LogP contribution in [0.15, 0.2) is 18.2 Å². The molecule has 0 saturated carbocycles. The molecule has 1 aliphatic rings. The fourth-order valence-electron chi connectivity index (χ4n) is 4.01. The maximum atomic E-state index is 16.0. The minimum absolute atomic E-state index is 0.0424. The number of halogens is 5. The zero-order valence-electron chi connectivity index (χ0n) is 17.6. The quantitative estimate of drug-likeness (QED) is 0.391. The Hall–Kier alpha value is -2.96. The van der Waals surface area contributed by atoms with Crippen LogP contribution in [0.5, 0.6) is 6.01 Å². The van der Waals surface area contributed by atoms with E-state index in [2.05, 4.69) is 20.3 Å². The summed E-state index contributed by atoms with van der Waals surface area (Å²) in [5.41, 5.74) is 5.88. The lowest BCUT2D eigenvalue weighted by Gasteiger charge is -2.26. The predicted molar refractivity (Wildman–Crippen MR) is 124 cm³/mol. The van der Waals surface area contributed by atoms with Crippen LogP contribution in [0.1, 0.15) is 0 Å². The van der Waals surface area contributed by atoms with Gasteiger partial charge >= 0.3 is 6.01 Å². The number of fused-ring (bicyclic) bond motifs is 2. The summed E-state index contributed by atoms with van der Waals surface area (Å²) >= 11 is 7.44. The number of methoxy groups -OCH3 is 1. The lowest BCUT2D eigenvalue weighted by Crippen LogP contribution is -2.39. The zero-order chi connectivity index (χ0) is 24.2. The van der Waals surface area contributed by atoms with Crippen LogP contribution in [0.25, 0.3) is 32.2 Å². The third-order valence-corrected chi connectivity index (χ3v) is 6.66. The lowest BCUT2D eigenvalue weighted by atomic mass is 10.0. The third-order valence-electron chi connectivity index (χ3n) is 5.47. The molecule has 3 N–H and O–H groups in total. The number of thiazole rings is 1. The van der Waals surface area contributed by atoms with E-state index in [1.54, 1.807) is 0 Å². The highest BCUT2D eigenvalue weighted by molar-refractivity contribution is 7.22. The van der Waals surface area contributed by atoms with Gasteiger partial charge in [-0.2, -0.15) is 9.97 Å². The van der Waals surface area contributed by atoms with E-state index in [1.165, 1.54) is 30.2 Å². The molecule has 2 aromatic heterocycles. The van der Waals surface area contributed by atoms with Crippen molar-refractivity contribution in [3.63, 3.8) is 0 Å². The van der Waals surface area contributed by atoms with Gasteiger partial charge in [0.15, 0.2) is 10.9 Å². The number of anilines is 2. The molecule has 2 aromatic carbocycles. The lowest BCUT2D eigenvalue weighted by molar-refractivity contribution is 0.0156.